The molecule has 2 aliphatic rings. The van der Waals surface area contributed by atoms with Crippen molar-refractivity contribution in [2.45, 2.75) is 38.5 Å². The molecule has 0 fully saturated rings. The van der Waals surface area contributed by atoms with E-state index in [0.717, 1.165) is 28.2 Å². The van der Waals surface area contributed by atoms with E-state index in [2.05, 4.69) is 199 Å². The molecule has 2 aromatic heterocycles. The second kappa shape index (κ2) is 12.9. The van der Waals surface area contributed by atoms with Crippen LogP contribution in [0.5, 0.6) is 0 Å². The first-order valence-corrected chi connectivity index (χ1v) is 19.4. The van der Waals surface area contributed by atoms with E-state index < -0.39 is 0 Å². The van der Waals surface area contributed by atoms with Gasteiger partial charge in [-0.2, -0.15) is 0 Å². The third kappa shape index (κ3) is 5.36. The van der Waals surface area contributed by atoms with Crippen molar-refractivity contribution in [3.8, 4) is 33.5 Å². The van der Waals surface area contributed by atoms with Crippen LogP contribution in [0.3, 0.4) is 0 Å². The molecule has 4 heterocycles. The summed E-state index contributed by atoms with van der Waals surface area (Å²) < 4.78 is 0. The van der Waals surface area contributed by atoms with Crippen molar-refractivity contribution in [1.82, 2.24) is 9.97 Å². The van der Waals surface area contributed by atoms with Gasteiger partial charge in [0.1, 0.15) is 0 Å². The summed E-state index contributed by atoms with van der Waals surface area (Å²) in [5.74, 6) is 0. The van der Waals surface area contributed by atoms with Crippen LogP contribution < -0.4 is 9.80 Å². The Morgan fingerprint density at radius 1 is 0.357 bits per heavy atom. The van der Waals surface area contributed by atoms with Gasteiger partial charge in [-0.25, -0.2) is 0 Å². The molecule has 10 rings (SSSR count). The molecule has 0 unspecified atom stereocenters. The van der Waals surface area contributed by atoms with Gasteiger partial charge >= 0.3 is 0 Å². The van der Waals surface area contributed by atoms with Crippen LogP contribution in [0.2, 0.25) is 0 Å². The molecule has 0 N–H and O–H groups in total. The monoisotopic (exact) mass is 722 g/mol. The Morgan fingerprint density at radius 2 is 0.786 bits per heavy atom. The number of nitrogens with zero attached hydrogens (tertiary/aromatic N) is 4. The van der Waals surface area contributed by atoms with Crippen LogP contribution in [0.15, 0.2) is 182 Å². The van der Waals surface area contributed by atoms with Crippen molar-refractivity contribution in [2.24, 2.45) is 0 Å². The van der Waals surface area contributed by atoms with Crippen molar-refractivity contribution in [1.29, 1.82) is 0 Å². The van der Waals surface area contributed by atoms with Gasteiger partial charge in [0.05, 0.1) is 28.4 Å². The Bertz CT molecular complexity index is 2540. The molecule has 0 radical (unpaired) electrons. The minimum absolute atomic E-state index is 0.208. The highest BCUT2D eigenvalue weighted by molar-refractivity contribution is 5.90. The first kappa shape index (κ1) is 33.8. The fourth-order valence-corrected chi connectivity index (χ4v) is 8.98. The molecule has 0 aliphatic carbocycles. The van der Waals surface area contributed by atoms with Crippen molar-refractivity contribution < 1.29 is 0 Å². The summed E-state index contributed by atoms with van der Waals surface area (Å²) >= 11 is 0. The smallest absolute Gasteiger partial charge is 0.0701 e. The maximum atomic E-state index is 4.58. The number of rotatable bonds is 5. The first-order valence-electron chi connectivity index (χ1n) is 19.4. The first-order chi connectivity index (χ1) is 27.3. The number of benzene rings is 6. The number of fused-ring (bicyclic) bond motifs is 4. The molecule has 4 nitrogen and oxygen atoms in total. The summed E-state index contributed by atoms with van der Waals surface area (Å²) in [5.41, 5.74) is 18.8. The Hall–Kier alpha value is -6.78. The molecule has 0 saturated carbocycles. The van der Waals surface area contributed by atoms with E-state index in [1.165, 1.54) is 61.7 Å². The fraction of sp³-hybridized carbons (Fsp3) is 0.115. The molecule has 6 aromatic carbocycles. The number of hydrogen-bond acceptors (Lipinski definition) is 4. The lowest BCUT2D eigenvalue weighted by molar-refractivity contribution is 0.631. The number of anilines is 6. The molecular weight excluding hydrogens is 681 g/mol. The Balaban J connectivity index is 1.07. The van der Waals surface area contributed by atoms with E-state index in [1.54, 1.807) is 0 Å². The molecule has 8 aromatic rings. The number of hydrogen-bond donors (Lipinski definition) is 0. The minimum atomic E-state index is -0.210. The van der Waals surface area contributed by atoms with Crippen molar-refractivity contribution >= 4 is 34.1 Å². The number of para-hydroxylation sites is 2. The summed E-state index contributed by atoms with van der Waals surface area (Å²) in [6.45, 7) is 9.45. The Labute approximate surface area is 329 Å². The average Bonchev–Trinajstić information content (AvgIpc) is 3.25. The van der Waals surface area contributed by atoms with Crippen LogP contribution in [0.1, 0.15) is 49.9 Å². The zero-order chi connectivity index (χ0) is 38.0. The highest BCUT2D eigenvalue weighted by Crippen LogP contribution is 2.55. The molecule has 0 spiro atoms. The maximum Gasteiger partial charge on any atom is 0.0701 e. The van der Waals surface area contributed by atoms with Gasteiger partial charge in [0.2, 0.25) is 0 Å². The van der Waals surface area contributed by atoms with Gasteiger partial charge in [0, 0.05) is 46.4 Å². The normalized spacial score (nSPS) is 14.6. The SMILES string of the molecule is CC1(C)c2ccccc2N(c2ccc(-c3ccncc3)cc2)c2ccc(-c3ccc4c(c3)C(C)(C)c3ccccc3N4c3ccc(-c4ccccn4)cc3)cc21. The molecule has 270 valence electrons. The maximum absolute atomic E-state index is 4.58. The topological polar surface area (TPSA) is 32.3 Å². The summed E-state index contributed by atoms with van der Waals surface area (Å²) in [4.78, 5) is 13.6. The molecule has 0 saturated heterocycles. The summed E-state index contributed by atoms with van der Waals surface area (Å²) in [6.07, 6.45) is 5.55. The summed E-state index contributed by atoms with van der Waals surface area (Å²) in [6, 6.07) is 59.7. The fourth-order valence-electron chi connectivity index (χ4n) is 8.98. The highest BCUT2D eigenvalue weighted by Gasteiger charge is 2.39. The second-order valence-corrected chi connectivity index (χ2v) is 16.0. The number of pyridine rings is 2. The van der Waals surface area contributed by atoms with Crippen LogP contribution in [-0.2, 0) is 10.8 Å². The second-order valence-electron chi connectivity index (χ2n) is 16.0. The zero-order valence-corrected chi connectivity index (χ0v) is 32.1. The van der Waals surface area contributed by atoms with Crippen molar-refractivity contribution in [2.75, 3.05) is 9.80 Å². The lowest BCUT2D eigenvalue weighted by Crippen LogP contribution is -2.31. The quantitative estimate of drug-likeness (QED) is 0.177. The predicted molar refractivity (Wildman–Crippen MR) is 232 cm³/mol. The van der Waals surface area contributed by atoms with Crippen LogP contribution >= 0.6 is 0 Å². The molecular formula is C52H42N4. The van der Waals surface area contributed by atoms with Crippen LogP contribution in [-0.4, -0.2) is 9.97 Å². The molecule has 2 aliphatic heterocycles. The van der Waals surface area contributed by atoms with Gasteiger partial charge in [0.15, 0.2) is 0 Å². The van der Waals surface area contributed by atoms with E-state index in [0.29, 0.717) is 0 Å². The zero-order valence-electron chi connectivity index (χ0n) is 32.1. The summed E-state index contributed by atoms with van der Waals surface area (Å²) in [5, 5.41) is 0. The van der Waals surface area contributed by atoms with Gasteiger partial charge < -0.3 is 9.80 Å². The molecule has 0 atom stereocenters. The minimum Gasteiger partial charge on any atom is -0.310 e. The van der Waals surface area contributed by atoms with E-state index in [9.17, 15) is 0 Å². The molecule has 56 heavy (non-hydrogen) atoms. The van der Waals surface area contributed by atoms with Crippen molar-refractivity contribution in [3.05, 3.63) is 205 Å². The van der Waals surface area contributed by atoms with Gasteiger partial charge in [-0.05, 0) is 129 Å². The Kier molecular flexibility index (Phi) is 7.79. The van der Waals surface area contributed by atoms with Gasteiger partial charge in [-0.1, -0.05) is 107 Å². The van der Waals surface area contributed by atoms with E-state index in [-0.39, 0.29) is 10.8 Å². The van der Waals surface area contributed by atoms with E-state index >= 15 is 0 Å². The standard InChI is InChI=1S/C52H42N4/c1-51(2)42-11-5-7-14-47(42)55(40-22-16-35(17-23-40)36-28-31-53-32-29-36)49-26-20-38(33-44(49)51)39-21-27-50-45(34-39)52(3,4)43-12-6-8-15-48(43)56(50)41-24-18-37(19-25-41)46-13-9-10-30-54-46/h5-34H,1-4H3. The molecule has 4 heteroatoms. The van der Waals surface area contributed by atoms with E-state index in [4.69, 9.17) is 0 Å². The Morgan fingerprint density at radius 3 is 1.29 bits per heavy atom. The van der Waals surface area contributed by atoms with Gasteiger partial charge in [0.25, 0.3) is 0 Å². The van der Waals surface area contributed by atoms with Crippen molar-refractivity contribution in [3.63, 3.8) is 0 Å². The van der Waals surface area contributed by atoms with Crippen LogP contribution in [0.4, 0.5) is 34.1 Å². The predicted octanol–water partition coefficient (Wildman–Crippen LogP) is 13.7. The average molecular weight is 723 g/mol. The third-order valence-corrected chi connectivity index (χ3v) is 12.0. The van der Waals surface area contributed by atoms with Crippen LogP contribution in [0, 0.1) is 0 Å². The lowest BCUT2D eigenvalue weighted by atomic mass is 9.71. The number of aromatic nitrogens is 2. The van der Waals surface area contributed by atoms with Gasteiger partial charge in [-0.3, -0.25) is 9.97 Å². The van der Waals surface area contributed by atoms with Gasteiger partial charge in [-0.15, -0.1) is 0 Å². The third-order valence-electron chi connectivity index (χ3n) is 12.0. The highest BCUT2D eigenvalue weighted by atomic mass is 15.2. The molecule has 0 amide bonds. The summed E-state index contributed by atoms with van der Waals surface area (Å²) in [7, 11) is 0. The van der Waals surface area contributed by atoms with E-state index in [1.807, 2.05) is 30.7 Å². The lowest BCUT2D eigenvalue weighted by Gasteiger charge is -2.43. The largest absolute Gasteiger partial charge is 0.310 e. The van der Waals surface area contributed by atoms with Crippen LogP contribution in [0.25, 0.3) is 33.5 Å². The molecule has 0 bridgehead atoms.